The Kier molecular flexibility index (Phi) is 4.73. The minimum Gasteiger partial charge on any atom is -0.403 e. The first kappa shape index (κ1) is 19.2. The van der Waals surface area contributed by atoms with Crippen molar-refractivity contribution in [2.24, 2.45) is 0 Å². The van der Waals surface area contributed by atoms with Crippen molar-refractivity contribution < 1.29 is 50.8 Å². The molecule has 0 bridgehead atoms. The molecule has 3 N–H and O–H groups in total. The highest BCUT2D eigenvalue weighted by atomic mass is 31.2. The fourth-order valence-corrected chi connectivity index (χ4v) is 4.47. The van der Waals surface area contributed by atoms with E-state index in [0.717, 1.165) is 5.56 Å². The van der Waals surface area contributed by atoms with Crippen LogP contribution in [0.3, 0.4) is 0 Å². The fraction of sp³-hybridized carbons (Fsp3) is 0.421. The average molecular weight is 477 g/mol. The van der Waals surface area contributed by atoms with Crippen LogP contribution >= 0.6 is 7.82 Å². The molecule has 3 aliphatic heterocycles. The normalized spacial score (nSPS) is 38.8. The van der Waals surface area contributed by atoms with Crippen LogP contribution in [0, 0.1) is 13.8 Å². The molecule has 1 saturated heterocycles. The van der Waals surface area contributed by atoms with Crippen LogP contribution in [0.1, 0.15) is 20.8 Å². The lowest BCUT2D eigenvalue weighted by Gasteiger charge is -2.33. The Bertz CT molecular complexity index is 1200. The number of ether oxygens (including phenoxy) is 1. The van der Waals surface area contributed by atoms with Crippen molar-refractivity contribution in [2.75, 3.05) is 6.56 Å². The molecule has 3 heterocycles. The predicted octanol–water partition coefficient (Wildman–Crippen LogP) is 1.79. The molecule has 4 rings (SSSR count). The minimum absolute atomic E-state index is 0.0672. The summed E-state index contributed by atoms with van der Waals surface area (Å²) < 4.78 is 87.0. The molecule has 1 amide bonds. The maximum absolute atomic E-state index is 15.9. The quantitative estimate of drug-likeness (QED) is 0.557. The number of fused-ring (bicyclic) bond motifs is 1. The number of halogens is 2. The second-order valence-corrected chi connectivity index (χ2v) is 8.82. The van der Waals surface area contributed by atoms with Crippen LogP contribution in [-0.4, -0.2) is 51.8 Å². The van der Waals surface area contributed by atoms with Crippen LogP contribution in [0.4, 0.5) is 8.78 Å². The Morgan fingerprint density at radius 3 is 2.94 bits per heavy atom. The highest BCUT2D eigenvalue weighted by molar-refractivity contribution is 7.49. The number of nitrogens with zero attached hydrogens (tertiary/aromatic N) is 1. The SMILES string of the molecule is [2H]C([2H])(OP1(=O)OCc2cc(C)cc(C)c2O1)[C@@]1(F)O[C@@]([2H])(N2C=C(F)C(=O)NC2=C)[C@H](O)[C@@H]1O. The van der Waals surface area contributed by atoms with Gasteiger partial charge in [0.1, 0.15) is 30.3 Å². The maximum atomic E-state index is 15.9. The van der Waals surface area contributed by atoms with Crippen molar-refractivity contribution in [1.29, 1.82) is 0 Å². The summed E-state index contributed by atoms with van der Waals surface area (Å²) in [4.78, 5) is 11.8. The smallest absolute Gasteiger partial charge is 0.403 e. The standard InChI is InChI=1S/C19H21F2N2O8P/c1-9-4-10(2)15-12(5-9)7-28-32(27,31-15)29-8-19(21)16(25)14(24)18(30-19)23-6-13(20)17(26)22-11(23)3/h4-6,14,16,18,24-25H,3,7-8H2,1-2H3,(H,22,26)/t14-,16+,18-,19-,32?/m1/s1/i8D2,18D. The summed E-state index contributed by atoms with van der Waals surface area (Å²) in [7, 11) is -4.86. The highest BCUT2D eigenvalue weighted by Gasteiger charge is 2.59. The second kappa shape index (κ2) is 7.91. The number of phosphoric acid groups is 1. The Hall–Kier alpha value is -2.34. The minimum atomic E-state index is -4.86. The first-order valence-corrected chi connectivity index (χ1v) is 10.7. The van der Waals surface area contributed by atoms with Gasteiger partial charge in [-0.15, -0.1) is 0 Å². The van der Waals surface area contributed by atoms with Crippen LogP contribution in [0.2, 0.25) is 0 Å². The van der Waals surface area contributed by atoms with Crippen LogP contribution in [-0.2, 0) is 29.8 Å². The number of aliphatic hydroxyl groups is 2. The number of aliphatic hydroxyl groups excluding tert-OH is 2. The number of phosphoric ester groups is 1. The number of hydrogen-bond acceptors (Lipinski definition) is 9. The lowest BCUT2D eigenvalue weighted by atomic mass is 10.1. The molecular formula is C19H21F2N2O8P. The molecule has 0 spiro atoms. The summed E-state index contributed by atoms with van der Waals surface area (Å²) in [5.41, 5.74) is 1.83. The van der Waals surface area contributed by atoms with Gasteiger partial charge in [-0.2, -0.15) is 4.39 Å². The van der Waals surface area contributed by atoms with Crippen molar-refractivity contribution >= 4 is 13.7 Å². The molecule has 1 unspecified atom stereocenters. The van der Waals surface area contributed by atoms with Gasteiger partial charge in [0.25, 0.3) is 11.8 Å². The topological polar surface area (TPSA) is 127 Å². The van der Waals surface area contributed by atoms with Crippen LogP contribution in [0.25, 0.3) is 0 Å². The molecule has 0 aromatic heterocycles. The first-order valence-electron chi connectivity index (χ1n) is 10.7. The molecule has 1 fully saturated rings. The molecule has 0 saturated carbocycles. The van der Waals surface area contributed by atoms with Gasteiger partial charge in [-0.1, -0.05) is 24.3 Å². The zero-order chi connectivity index (χ0) is 26.1. The van der Waals surface area contributed by atoms with E-state index in [9.17, 15) is 24.0 Å². The van der Waals surface area contributed by atoms with E-state index in [1.54, 1.807) is 26.0 Å². The Labute approximate surface area is 185 Å². The number of alkyl halides is 1. The van der Waals surface area contributed by atoms with Gasteiger partial charge in [0.15, 0.2) is 6.20 Å². The third kappa shape index (κ3) is 3.94. The molecular weight excluding hydrogens is 453 g/mol. The van der Waals surface area contributed by atoms with E-state index in [1.165, 1.54) is 0 Å². The summed E-state index contributed by atoms with van der Waals surface area (Å²) in [5, 5.41) is 22.6. The van der Waals surface area contributed by atoms with Gasteiger partial charge in [-0.05, 0) is 19.4 Å². The summed E-state index contributed by atoms with van der Waals surface area (Å²) >= 11 is 0. The molecule has 10 nitrogen and oxygen atoms in total. The third-order valence-corrected chi connectivity index (χ3v) is 5.97. The van der Waals surface area contributed by atoms with Crippen molar-refractivity contribution in [1.82, 2.24) is 10.2 Å². The van der Waals surface area contributed by atoms with Gasteiger partial charge in [-0.3, -0.25) is 13.8 Å². The highest BCUT2D eigenvalue weighted by Crippen LogP contribution is 2.56. The van der Waals surface area contributed by atoms with E-state index < -0.39 is 56.2 Å². The van der Waals surface area contributed by atoms with Gasteiger partial charge in [0, 0.05) is 11.8 Å². The van der Waals surface area contributed by atoms with Crippen LogP contribution < -0.4 is 9.84 Å². The van der Waals surface area contributed by atoms with E-state index >= 15 is 4.39 Å². The van der Waals surface area contributed by atoms with Gasteiger partial charge >= 0.3 is 7.82 Å². The zero-order valence-electron chi connectivity index (χ0n) is 19.8. The number of aryl methyl sites for hydroxylation is 2. The van der Waals surface area contributed by atoms with Crippen molar-refractivity contribution in [3.05, 3.63) is 53.2 Å². The summed E-state index contributed by atoms with van der Waals surface area (Å²) in [6, 6.07) is 3.36. The second-order valence-electron chi connectivity index (χ2n) is 7.30. The zero-order valence-corrected chi connectivity index (χ0v) is 17.7. The van der Waals surface area contributed by atoms with Crippen molar-refractivity contribution in [2.45, 2.75) is 44.7 Å². The number of hydrogen-bond donors (Lipinski definition) is 3. The maximum Gasteiger partial charge on any atom is 0.530 e. The van der Waals surface area contributed by atoms with Gasteiger partial charge in [0.2, 0.25) is 5.83 Å². The molecule has 5 atom stereocenters. The average Bonchev–Trinajstić information content (AvgIpc) is 2.93. The monoisotopic (exact) mass is 477 g/mol. The fourth-order valence-electron chi connectivity index (χ4n) is 3.31. The molecule has 174 valence electrons. The Balaban J connectivity index is 1.64. The van der Waals surface area contributed by atoms with E-state index in [2.05, 4.69) is 6.58 Å². The predicted molar refractivity (Wildman–Crippen MR) is 104 cm³/mol. The van der Waals surface area contributed by atoms with E-state index in [4.69, 9.17) is 22.4 Å². The molecule has 32 heavy (non-hydrogen) atoms. The molecule has 3 aliphatic rings. The largest absolute Gasteiger partial charge is 0.530 e. The number of nitrogens with one attached hydrogen (secondary N) is 1. The number of rotatable bonds is 4. The molecule has 0 aliphatic carbocycles. The van der Waals surface area contributed by atoms with E-state index in [1.807, 2.05) is 5.32 Å². The van der Waals surface area contributed by atoms with E-state index in [-0.39, 0.29) is 12.4 Å². The lowest BCUT2D eigenvalue weighted by Crippen LogP contribution is -2.47. The number of amides is 1. The lowest BCUT2D eigenvalue weighted by molar-refractivity contribution is -0.208. The first-order chi connectivity index (χ1) is 16.0. The number of carbonyl (C=O) groups is 1. The van der Waals surface area contributed by atoms with Gasteiger partial charge in [0.05, 0.1) is 10.7 Å². The molecule has 1 aromatic rings. The van der Waals surface area contributed by atoms with Crippen molar-refractivity contribution in [3.8, 4) is 5.75 Å². The third-order valence-electron chi connectivity index (χ3n) is 4.80. The Morgan fingerprint density at radius 1 is 1.50 bits per heavy atom. The van der Waals surface area contributed by atoms with Crippen LogP contribution in [0.5, 0.6) is 5.75 Å². The molecule has 1 aromatic carbocycles. The number of benzene rings is 1. The summed E-state index contributed by atoms with van der Waals surface area (Å²) in [6.07, 6.45) is -8.19. The summed E-state index contributed by atoms with van der Waals surface area (Å²) in [5.74, 6) is -7.26. The number of carbonyl (C=O) groups excluding carboxylic acids is 1. The molecule has 0 radical (unpaired) electrons. The van der Waals surface area contributed by atoms with Gasteiger partial charge in [-0.25, -0.2) is 8.96 Å². The van der Waals surface area contributed by atoms with Gasteiger partial charge < -0.3 is 29.7 Å². The van der Waals surface area contributed by atoms with Crippen LogP contribution in [0.15, 0.2) is 36.6 Å². The summed E-state index contributed by atoms with van der Waals surface area (Å²) in [6.45, 7) is 2.56. The molecule has 13 heteroatoms. The van der Waals surface area contributed by atoms with E-state index in [0.29, 0.717) is 22.2 Å². The van der Waals surface area contributed by atoms with Crippen molar-refractivity contribution in [3.63, 3.8) is 0 Å². The Morgan fingerprint density at radius 2 is 2.22 bits per heavy atom.